The van der Waals surface area contributed by atoms with Crippen LogP contribution in [-0.4, -0.2) is 140 Å². The van der Waals surface area contributed by atoms with Crippen molar-refractivity contribution in [2.24, 2.45) is 0 Å². The molecule has 2 rings (SSSR count). The Balaban J connectivity index is 1.94. The summed E-state index contributed by atoms with van der Waals surface area (Å²) < 4.78 is 22.5. The van der Waals surface area contributed by atoms with Gasteiger partial charge in [0, 0.05) is 6.42 Å². The molecule has 2 heterocycles. The molecule has 0 aromatic carbocycles. The van der Waals surface area contributed by atoms with Gasteiger partial charge in [0.1, 0.15) is 48.8 Å². The van der Waals surface area contributed by atoms with Crippen molar-refractivity contribution in [1.29, 1.82) is 0 Å². The third-order valence-corrected chi connectivity index (χ3v) is 10.5. The fourth-order valence-corrected chi connectivity index (χ4v) is 6.94. The lowest BCUT2D eigenvalue weighted by Gasteiger charge is -2.46. The van der Waals surface area contributed by atoms with E-state index >= 15 is 0 Å². The molecule has 0 aromatic heterocycles. The average molecular weight is 778 g/mol. The van der Waals surface area contributed by atoms with Gasteiger partial charge in [-0.15, -0.1) is 0 Å². The summed E-state index contributed by atoms with van der Waals surface area (Å²) in [4.78, 5) is 13.0. The number of ether oxygens (including phenoxy) is 4. The third-order valence-electron chi connectivity index (χ3n) is 10.5. The summed E-state index contributed by atoms with van der Waals surface area (Å²) in [6.45, 7) is 2.70. The Morgan fingerprint density at radius 2 is 1.15 bits per heavy atom. The zero-order chi connectivity index (χ0) is 39.7. The first kappa shape index (κ1) is 48.9. The largest absolute Gasteiger partial charge is 0.394 e. The molecule has 0 bridgehead atoms. The molecular weight excluding hydrogens is 702 g/mol. The number of amides is 1. The van der Waals surface area contributed by atoms with E-state index in [0.29, 0.717) is 6.42 Å². The van der Waals surface area contributed by atoms with E-state index in [9.17, 15) is 45.6 Å². The van der Waals surface area contributed by atoms with Crippen molar-refractivity contribution in [2.75, 3.05) is 19.8 Å². The maximum absolute atomic E-state index is 13.0. The average Bonchev–Trinajstić information content (AvgIpc) is 3.17. The topological polar surface area (TPSA) is 228 Å². The van der Waals surface area contributed by atoms with Gasteiger partial charge in [-0.1, -0.05) is 129 Å². The molecule has 0 saturated carbocycles. The minimum absolute atomic E-state index is 0.245. The summed E-state index contributed by atoms with van der Waals surface area (Å²) in [5.41, 5.74) is 0. The maximum Gasteiger partial charge on any atom is 0.220 e. The quantitative estimate of drug-likeness (QED) is 0.0378. The Morgan fingerprint density at radius 3 is 1.70 bits per heavy atom. The standard InChI is InChI=1S/C40H75NO13/c1-3-5-7-9-11-13-14-16-18-20-22-24-32(45)41-28(29(44)23-21-19-17-15-12-10-8-6-4-2)27-51-39-37(50)35(48)38(31(26-43)53-39)54-40-36(49)34(47)33(46)30(25-42)52-40/h21,23,28-31,33-40,42-44,46-50H,3-20,22,24-27H2,1-2H3,(H,41,45)/b23-21+/t28-,29+,30+,31+,33-,34?,35?,36?,37?,38+,39+,40-/m0/s1. The van der Waals surface area contributed by atoms with Gasteiger partial charge in [-0.05, 0) is 19.3 Å². The highest BCUT2D eigenvalue weighted by Gasteiger charge is 2.50. The molecule has 2 aliphatic rings. The Morgan fingerprint density at radius 1 is 0.648 bits per heavy atom. The molecule has 14 nitrogen and oxygen atoms in total. The summed E-state index contributed by atoms with van der Waals surface area (Å²) in [6, 6.07) is -0.904. The molecule has 4 unspecified atom stereocenters. The number of aliphatic hydroxyl groups excluding tert-OH is 8. The molecule has 318 valence electrons. The van der Waals surface area contributed by atoms with Crippen LogP contribution in [-0.2, 0) is 23.7 Å². The monoisotopic (exact) mass is 778 g/mol. The van der Waals surface area contributed by atoms with Crippen molar-refractivity contribution in [3.05, 3.63) is 12.2 Å². The molecule has 12 atom stereocenters. The number of unbranched alkanes of at least 4 members (excludes halogenated alkanes) is 17. The molecule has 54 heavy (non-hydrogen) atoms. The number of hydrogen-bond acceptors (Lipinski definition) is 13. The second-order valence-electron chi connectivity index (χ2n) is 15.1. The van der Waals surface area contributed by atoms with E-state index in [1.807, 2.05) is 6.08 Å². The molecule has 9 N–H and O–H groups in total. The molecule has 2 aliphatic heterocycles. The molecule has 0 aromatic rings. The van der Waals surface area contributed by atoms with Gasteiger partial charge >= 0.3 is 0 Å². The van der Waals surface area contributed by atoms with Gasteiger partial charge in [-0.2, -0.15) is 0 Å². The Bertz CT molecular complexity index is 972. The van der Waals surface area contributed by atoms with Crippen molar-refractivity contribution >= 4 is 5.91 Å². The Labute approximate surface area is 323 Å². The number of rotatable bonds is 30. The summed E-state index contributed by atoms with van der Waals surface area (Å²) in [5.74, 6) is -0.245. The number of allylic oxidation sites excluding steroid dienone is 1. The van der Waals surface area contributed by atoms with Gasteiger partial charge in [-0.3, -0.25) is 4.79 Å². The second kappa shape index (κ2) is 29.0. The number of aliphatic hydroxyl groups is 8. The van der Waals surface area contributed by atoms with Crippen molar-refractivity contribution in [3.8, 4) is 0 Å². The number of carbonyl (C=O) groups is 1. The minimum atomic E-state index is -1.78. The van der Waals surface area contributed by atoms with Crippen LogP contribution < -0.4 is 5.32 Å². The van der Waals surface area contributed by atoms with Crippen LogP contribution in [0.5, 0.6) is 0 Å². The van der Waals surface area contributed by atoms with E-state index in [-0.39, 0.29) is 18.9 Å². The normalized spacial score (nSPS) is 30.1. The van der Waals surface area contributed by atoms with E-state index in [2.05, 4.69) is 19.2 Å². The molecule has 0 radical (unpaired) electrons. The van der Waals surface area contributed by atoms with Crippen LogP contribution in [0.1, 0.15) is 142 Å². The number of carbonyl (C=O) groups excluding carboxylic acids is 1. The van der Waals surface area contributed by atoms with Gasteiger partial charge < -0.3 is 65.1 Å². The number of nitrogens with one attached hydrogen (secondary N) is 1. The predicted octanol–water partition coefficient (Wildman–Crippen LogP) is 2.87. The second-order valence-corrected chi connectivity index (χ2v) is 15.1. The van der Waals surface area contributed by atoms with Gasteiger partial charge in [0.2, 0.25) is 5.91 Å². The fourth-order valence-electron chi connectivity index (χ4n) is 6.94. The molecule has 0 aliphatic carbocycles. The van der Waals surface area contributed by atoms with Gasteiger partial charge in [0.05, 0.1) is 32.0 Å². The summed E-state index contributed by atoms with van der Waals surface area (Å²) >= 11 is 0. The van der Waals surface area contributed by atoms with Crippen molar-refractivity contribution in [2.45, 2.75) is 216 Å². The van der Waals surface area contributed by atoms with Crippen LogP contribution in [0.3, 0.4) is 0 Å². The summed E-state index contributed by atoms with van der Waals surface area (Å²) in [7, 11) is 0. The van der Waals surface area contributed by atoms with E-state index in [4.69, 9.17) is 18.9 Å². The molecule has 1 amide bonds. The SMILES string of the molecule is CCCCCCCCC/C=C/[C@@H](O)[C@H](CO[C@@H]1O[C@H](CO)[C@@H](O[C@@H]2O[C@H](CO)[C@H](O)C(O)C2O)C(O)C1O)NC(=O)CCCCCCCCCCCCC. The first-order valence-electron chi connectivity index (χ1n) is 20.9. The molecule has 14 heteroatoms. The zero-order valence-corrected chi connectivity index (χ0v) is 33.0. The van der Waals surface area contributed by atoms with Gasteiger partial charge in [-0.25, -0.2) is 0 Å². The minimum Gasteiger partial charge on any atom is -0.394 e. The van der Waals surface area contributed by atoms with Crippen molar-refractivity contribution < 1.29 is 64.6 Å². The summed E-state index contributed by atoms with van der Waals surface area (Å²) in [5, 5.41) is 86.1. The van der Waals surface area contributed by atoms with Crippen LogP contribution in [0.4, 0.5) is 0 Å². The van der Waals surface area contributed by atoms with Crippen LogP contribution >= 0.6 is 0 Å². The summed E-state index contributed by atoms with van der Waals surface area (Å²) in [6.07, 6.45) is 8.52. The zero-order valence-electron chi connectivity index (χ0n) is 33.0. The van der Waals surface area contributed by atoms with Crippen LogP contribution in [0.25, 0.3) is 0 Å². The van der Waals surface area contributed by atoms with E-state index in [0.717, 1.165) is 38.5 Å². The Kier molecular flexibility index (Phi) is 26.3. The van der Waals surface area contributed by atoms with Crippen LogP contribution in [0.15, 0.2) is 12.2 Å². The lowest BCUT2D eigenvalue weighted by Crippen LogP contribution is -2.65. The molecule has 2 saturated heterocycles. The van der Waals surface area contributed by atoms with Crippen LogP contribution in [0, 0.1) is 0 Å². The third kappa shape index (κ3) is 17.9. The van der Waals surface area contributed by atoms with Crippen molar-refractivity contribution in [1.82, 2.24) is 5.32 Å². The lowest BCUT2D eigenvalue weighted by molar-refractivity contribution is -0.359. The fraction of sp³-hybridized carbons (Fsp3) is 0.925. The molecular formula is C40H75NO13. The van der Waals surface area contributed by atoms with E-state index in [1.165, 1.54) is 77.0 Å². The van der Waals surface area contributed by atoms with E-state index in [1.54, 1.807) is 6.08 Å². The maximum atomic E-state index is 13.0. The highest BCUT2D eigenvalue weighted by molar-refractivity contribution is 5.76. The smallest absolute Gasteiger partial charge is 0.220 e. The van der Waals surface area contributed by atoms with Crippen LogP contribution in [0.2, 0.25) is 0 Å². The lowest BCUT2D eigenvalue weighted by atomic mass is 9.97. The first-order chi connectivity index (χ1) is 26.1. The molecule has 2 fully saturated rings. The van der Waals surface area contributed by atoms with Gasteiger partial charge in [0.15, 0.2) is 12.6 Å². The molecule has 0 spiro atoms. The van der Waals surface area contributed by atoms with E-state index < -0.39 is 86.8 Å². The Hall–Kier alpha value is -1.27. The highest BCUT2D eigenvalue weighted by Crippen LogP contribution is 2.30. The number of hydrogen-bond donors (Lipinski definition) is 9. The first-order valence-corrected chi connectivity index (χ1v) is 20.9. The van der Waals surface area contributed by atoms with Gasteiger partial charge in [0.25, 0.3) is 0 Å². The highest BCUT2D eigenvalue weighted by atomic mass is 16.7. The predicted molar refractivity (Wildman–Crippen MR) is 203 cm³/mol. The van der Waals surface area contributed by atoms with Crippen molar-refractivity contribution in [3.63, 3.8) is 0 Å².